The van der Waals surface area contributed by atoms with E-state index in [2.05, 4.69) is 30.8 Å². The minimum absolute atomic E-state index is 0.182. The van der Waals surface area contributed by atoms with Gasteiger partial charge in [0.25, 0.3) is 0 Å². The Kier molecular flexibility index (Phi) is 9.23. The first-order chi connectivity index (χ1) is 14.6. The Balaban J connectivity index is 0.000000189. The van der Waals surface area contributed by atoms with E-state index in [4.69, 9.17) is 9.84 Å². The lowest BCUT2D eigenvalue weighted by molar-refractivity contribution is -0.110. The molecule has 3 aromatic rings. The fourth-order valence-corrected chi connectivity index (χ4v) is 2.56. The molecule has 4 N–H and O–H groups in total. The molecule has 1 aliphatic carbocycles. The molecule has 0 atom stereocenters. The van der Waals surface area contributed by atoms with E-state index in [1.165, 1.54) is 12.8 Å². The van der Waals surface area contributed by atoms with Crippen LogP contribution in [-0.2, 0) is 9.53 Å². The van der Waals surface area contributed by atoms with Crippen LogP contribution in [0.1, 0.15) is 38.3 Å². The normalized spacial score (nSPS) is 15.5. The van der Waals surface area contributed by atoms with E-state index in [0.717, 1.165) is 56.7 Å². The smallest absolute Gasteiger partial charge is 0.214 e. The van der Waals surface area contributed by atoms with E-state index in [0.29, 0.717) is 5.95 Å². The first kappa shape index (κ1) is 23.3. The summed E-state index contributed by atoms with van der Waals surface area (Å²) in [6, 6.07) is 3.70. The molecule has 0 aromatic carbocycles. The zero-order chi connectivity index (χ0) is 21.8. The van der Waals surface area contributed by atoms with Gasteiger partial charge in [-0.25, -0.2) is 9.97 Å². The van der Waals surface area contributed by atoms with Gasteiger partial charge >= 0.3 is 0 Å². The van der Waals surface area contributed by atoms with E-state index in [-0.39, 0.29) is 5.54 Å². The highest BCUT2D eigenvalue weighted by molar-refractivity contribution is 5.53. The Morgan fingerprint density at radius 3 is 2.47 bits per heavy atom. The number of nitrogens with one attached hydrogen (secondary N) is 3. The summed E-state index contributed by atoms with van der Waals surface area (Å²) >= 11 is 0. The first-order valence-electron chi connectivity index (χ1n) is 9.90. The van der Waals surface area contributed by atoms with Crippen molar-refractivity contribution < 1.29 is 14.6 Å². The summed E-state index contributed by atoms with van der Waals surface area (Å²) in [6.07, 6.45) is 11.0. The van der Waals surface area contributed by atoms with Gasteiger partial charge in [0.2, 0.25) is 12.4 Å². The van der Waals surface area contributed by atoms with Gasteiger partial charge in [-0.15, -0.1) is 0 Å². The third kappa shape index (κ3) is 7.45. The van der Waals surface area contributed by atoms with Crippen LogP contribution in [0.3, 0.4) is 0 Å². The maximum atomic E-state index is 9.75. The van der Waals surface area contributed by atoms with Crippen LogP contribution in [-0.4, -0.2) is 61.9 Å². The Morgan fingerprint density at radius 2 is 1.97 bits per heavy atom. The molecule has 10 heteroatoms. The highest BCUT2D eigenvalue weighted by Crippen LogP contribution is 2.33. The third-order valence-electron chi connectivity index (χ3n) is 4.48. The number of anilines is 2. The number of amides is 1. The molecule has 0 radical (unpaired) electrons. The van der Waals surface area contributed by atoms with Crippen molar-refractivity contribution in [3.8, 4) is 0 Å². The lowest BCUT2D eigenvalue weighted by Crippen LogP contribution is -2.25. The van der Waals surface area contributed by atoms with E-state index < -0.39 is 0 Å². The van der Waals surface area contributed by atoms with Crippen LogP contribution in [0.2, 0.25) is 0 Å². The van der Waals surface area contributed by atoms with E-state index >= 15 is 0 Å². The number of carbonyl (C=O) groups excluding carboxylic acids is 1. The van der Waals surface area contributed by atoms with Gasteiger partial charge in [0.1, 0.15) is 11.5 Å². The zero-order valence-electron chi connectivity index (χ0n) is 17.8. The summed E-state index contributed by atoms with van der Waals surface area (Å²) in [7, 11) is 1.00. The maximum Gasteiger partial charge on any atom is 0.214 e. The number of H-pyrrole nitrogens is 1. The number of fused-ring (bicyclic) bond motifs is 1. The molecule has 4 heterocycles. The summed E-state index contributed by atoms with van der Waals surface area (Å²) in [5.41, 5.74) is 2.01. The Hall–Kier alpha value is -2.98. The van der Waals surface area contributed by atoms with Gasteiger partial charge in [-0.1, -0.05) is 0 Å². The second kappa shape index (κ2) is 11.9. The number of carbonyl (C=O) groups is 1. The molecule has 30 heavy (non-hydrogen) atoms. The van der Waals surface area contributed by atoms with Crippen molar-refractivity contribution in [2.24, 2.45) is 0 Å². The second-order valence-electron chi connectivity index (χ2n) is 7.12. The number of aliphatic hydroxyl groups is 1. The van der Waals surface area contributed by atoms with E-state index in [1.54, 1.807) is 12.4 Å². The lowest BCUT2D eigenvalue weighted by Gasteiger charge is -2.04. The molecule has 0 unspecified atom stereocenters. The van der Waals surface area contributed by atoms with Crippen LogP contribution in [0.15, 0.2) is 30.7 Å². The van der Waals surface area contributed by atoms with Crippen LogP contribution in [0.5, 0.6) is 0 Å². The van der Waals surface area contributed by atoms with Crippen LogP contribution in [0, 0.1) is 6.92 Å². The average molecular weight is 418 g/mol. The van der Waals surface area contributed by atoms with Crippen molar-refractivity contribution in [1.29, 1.82) is 0 Å². The standard InChI is InChI=1S/C10H10N6.C5H9NO.C4H8O.CH4O/c1-7-6-16-9(13-7)3-4-11-10(16)14-8-2-5-12-15-8;1-5(2-3-5)6-4-7;1-2-4-5-3-1;1-2/h2-6H,1H3,(H2,11,12,14,15);4H,2-3H2,1H3,(H,6,7);1-4H2;2H,1H3. The zero-order valence-corrected chi connectivity index (χ0v) is 17.8. The summed E-state index contributed by atoms with van der Waals surface area (Å²) in [5, 5.41) is 19.5. The van der Waals surface area contributed by atoms with Crippen molar-refractivity contribution in [2.45, 2.75) is 45.1 Å². The minimum Gasteiger partial charge on any atom is -0.400 e. The highest BCUT2D eigenvalue weighted by Gasteiger charge is 2.36. The van der Waals surface area contributed by atoms with Gasteiger partial charge in [-0.2, -0.15) is 5.10 Å². The average Bonchev–Trinajstić information content (AvgIpc) is 3.27. The van der Waals surface area contributed by atoms with Gasteiger partial charge in [0, 0.05) is 44.3 Å². The van der Waals surface area contributed by atoms with Gasteiger partial charge in [-0.05, 0) is 45.6 Å². The number of aromatic nitrogens is 5. The van der Waals surface area contributed by atoms with Crippen molar-refractivity contribution >= 4 is 23.8 Å². The van der Waals surface area contributed by atoms with Crippen molar-refractivity contribution in [3.05, 3.63) is 36.4 Å². The molecular weight excluding hydrogens is 386 g/mol. The summed E-state index contributed by atoms with van der Waals surface area (Å²) < 4.78 is 6.84. The van der Waals surface area contributed by atoms with E-state index in [1.807, 2.05) is 36.6 Å². The number of hydrogen-bond donors (Lipinski definition) is 4. The second-order valence-corrected chi connectivity index (χ2v) is 7.12. The number of aliphatic hydroxyl groups excluding tert-OH is 1. The monoisotopic (exact) mass is 417 g/mol. The Labute approximate surface area is 176 Å². The Morgan fingerprint density at radius 1 is 1.23 bits per heavy atom. The fourth-order valence-electron chi connectivity index (χ4n) is 2.56. The predicted octanol–water partition coefficient (Wildman–Crippen LogP) is 2.19. The summed E-state index contributed by atoms with van der Waals surface area (Å²) in [4.78, 5) is 18.4. The molecule has 1 saturated heterocycles. The molecule has 2 aliphatic rings. The molecule has 1 amide bonds. The quantitative estimate of drug-likeness (QED) is 0.479. The third-order valence-corrected chi connectivity index (χ3v) is 4.48. The van der Waals surface area contributed by atoms with Crippen LogP contribution in [0.25, 0.3) is 5.65 Å². The molecule has 0 spiro atoms. The molecular formula is C20H31N7O3. The first-order valence-corrected chi connectivity index (χ1v) is 9.90. The number of hydrogen-bond acceptors (Lipinski definition) is 7. The van der Waals surface area contributed by atoms with Gasteiger partial charge in [-0.3, -0.25) is 14.3 Å². The highest BCUT2D eigenvalue weighted by atomic mass is 16.5. The number of imidazole rings is 1. The molecule has 1 saturated carbocycles. The molecule has 3 aromatic heterocycles. The minimum atomic E-state index is 0.182. The molecule has 10 nitrogen and oxygen atoms in total. The summed E-state index contributed by atoms with van der Waals surface area (Å²) in [5.74, 6) is 1.51. The van der Waals surface area contributed by atoms with Gasteiger partial charge in [0.05, 0.1) is 11.9 Å². The number of aromatic amines is 1. The van der Waals surface area contributed by atoms with Crippen molar-refractivity contribution in [3.63, 3.8) is 0 Å². The number of rotatable bonds is 4. The maximum absolute atomic E-state index is 9.75. The largest absolute Gasteiger partial charge is 0.400 e. The topological polar surface area (TPSA) is 129 Å². The van der Waals surface area contributed by atoms with Gasteiger partial charge < -0.3 is 20.5 Å². The fraction of sp³-hybridized carbons (Fsp3) is 0.500. The summed E-state index contributed by atoms with van der Waals surface area (Å²) in [6.45, 7) is 5.99. The van der Waals surface area contributed by atoms with Crippen molar-refractivity contribution in [1.82, 2.24) is 29.9 Å². The molecule has 2 fully saturated rings. The van der Waals surface area contributed by atoms with E-state index in [9.17, 15) is 4.79 Å². The lowest BCUT2D eigenvalue weighted by atomic mass is 10.3. The number of ether oxygens (including phenoxy) is 1. The number of aryl methyl sites for hydroxylation is 1. The number of nitrogens with zero attached hydrogens (tertiary/aromatic N) is 4. The van der Waals surface area contributed by atoms with Crippen LogP contribution >= 0.6 is 0 Å². The van der Waals surface area contributed by atoms with Crippen LogP contribution in [0.4, 0.5) is 11.8 Å². The molecule has 5 rings (SSSR count). The Bertz CT molecular complexity index is 864. The predicted molar refractivity (Wildman–Crippen MR) is 115 cm³/mol. The molecule has 0 bridgehead atoms. The molecule has 1 aliphatic heterocycles. The van der Waals surface area contributed by atoms with Gasteiger partial charge in [0.15, 0.2) is 0 Å². The van der Waals surface area contributed by atoms with Crippen molar-refractivity contribution in [2.75, 3.05) is 25.6 Å². The van der Waals surface area contributed by atoms with Crippen LogP contribution < -0.4 is 10.6 Å². The molecule has 164 valence electrons. The SMILES string of the molecule is C1CCOC1.CC1(NC=O)CC1.CO.Cc1cn2c(Nc3ccn[nH]3)nccc2n1.